The van der Waals surface area contributed by atoms with E-state index in [9.17, 15) is 14.4 Å². The molecule has 2 amide bonds. The highest BCUT2D eigenvalue weighted by Crippen LogP contribution is 2.36. The average molecular weight is 561 g/mol. The first-order valence-electron chi connectivity index (χ1n) is 10.1. The van der Waals surface area contributed by atoms with E-state index in [0.29, 0.717) is 28.1 Å². The molecule has 0 bridgehead atoms. The number of ether oxygens (including phenoxy) is 3. The predicted octanol–water partition coefficient (Wildman–Crippen LogP) is 2.76. The van der Waals surface area contributed by atoms with Gasteiger partial charge in [-0.1, -0.05) is 30.3 Å². The average Bonchev–Trinajstić information content (AvgIpc) is 3.20. The van der Waals surface area contributed by atoms with Gasteiger partial charge in [-0.2, -0.15) is 5.10 Å². The van der Waals surface area contributed by atoms with Gasteiger partial charge in [0, 0.05) is 12.6 Å². The van der Waals surface area contributed by atoms with Gasteiger partial charge in [-0.3, -0.25) is 14.9 Å². The minimum absolute atomic E-state index is 0.157. The third kappa shape index (κ3) is 7.69. The fourth-order valence-electron chi connectivity index (χ4n) is 2.73. The van der Waals surface area contributed by atoms with Crippen LogP contribution in [0.4, 0.5) is 0 Å². The van der Waals surface area contributed by atoms with Crippen LogP contribution in [0, 0.1) is 0 Å². The van der Waals surface area contributed by atoms with Crippen LogP contribution in [0.15, 0.2) is 68.1 Å². The van der Waals surface area contributed by atoms with Crippen molar-refractivity contribution in [2.45, 2.75) is 6.54 Å². The predicted molar refractivity (Wildman–Crippen MR) is 135 cm³/mol. The fraction of sp³-hybridized carbons (Fsp3) is 0.174. The molecule has 182 valence electrons. The van der Waals surface area contributed by atoms with Crippen LogP contribution in [0.3, 0.4) is 0 Å². The summed E-state index contributed by atoms with van der Waals surface area (Å²) in [5.74, 6) is -0.632. The third-order valence-corrected chi connectivity index (χ3v) is 5.88. The van der Waals surface area contributed by atoms with Gasteiger partial charge in [0.1, 0.15) is 0 Å². The maximum Gasteiger partial charge on any atom is 0.331 e. The Balaban J connectivity index is 1.61. The Morgan fingerprint density at radius 3 is 2.69 bits per heavy atom. The van der Waals surface area contributed by atoms with Crippen molar-refractivity contribution in [2.75, 3.05) is 20.8 Å². The summed E-state index contributed by atoms with van der Waals surface area (Å²) >= 11 is 4.39. The van der Waals surface area contributed by atoms with Gasteiger partial charge in [0.05, 0.1) is 29.8 Å². The number of benzene rings is 2. The van der Waals surface area contributed by atoms with Gasteiger partial charge in [-0.05, 0) is 51.0 Å². The molecule has 0 unspecified atom stereocenters. The summed E-state index contributed by atoms with van der Waals surface area (Å²) in [7, 11) is 2.70. The van der Waals surface area contributed by atoms with Crippen LogP contribution >= 0.6 is 27.7 Å². The zero-order chi connectivity index (χ0) is 25.2. The number of carbonyl (C=O) groups excluding carboxylic acids is 3. The van der Waals surface area contributed by atoms with Crippen molar-refractivity contribution in [3.05, 3.63) is 69.0 Å². The molecule has 0 radical (unpaired) electrons. The van der Waals surface area contributed by atoms with Gasteiger partial charge >= 0.3 is 5.97 Å². The first kappa shape index (κ1) is 26.0. The summed E-state index contributed by atoms with van der Waals surface area (Å²) in [6.07, 6.45) is 2.53. The summed E-state index contributed by atoms with van der Waals surface area (Å²) in [6.45, 7) is 0.208. The van der Waals surface area contributed by atoms with Gasteiger partial charge in [-0.15, -0.1) is 5.10 Å². The molecule has 10 nitrogen and oxygen atoms in total. The number of amidine groups is 1. The summed E-state index contributed by atoms with van der Waals surface area (Å²) < 4.78 is 16.1. The van der Waals surface area contributed by atoms with Gasteiger partial charge in [-0.25, -0.2) is 4.79 Å². The number of amides is 2. The van der Waals surface area contributed by atoms with Crippen LogP contribution in [0.1, 0.15) is 11.1 Å². The van der Waals surface area contributed by atoms with E-state index < -0.39 is 11.9 Å². The number of rotatable bonds is 9. The molecule has 0 saturated carbocycles. The van der Waals surface area contributed by atoms with Crippen molar-refractivity contribution in [1.82, 2.24) is 10.6 Å². The highest BCUT2D eigenvalue weighted by atomic mass is 79.9. The number of esters is 1. The molecule has 0 spiro atoms. The lowest BCUT2D eigenvalue weighted by Crippen LogP contribution is -2.28. The molecule has 3 rings (SSSR count). The smallest absolute Gasteiger partial charge is 0.331 e. The number of thioether (sulfide) groups is 1. The second-order valence-corrected chi connectivity index (χ2v) is 8.71. The van der Waals surface area contributed by atoms with E-state index in [1.54, 1.807) is 12.1 Å². The lowest BCUT2D eigenvalue weighted by molar-refractivity contribution is -0.135. The highest BCUT2D eigenvalue weighted by Gasteiger charge is 2.25. The van der Waals surface area contributed by atoms with Crippen LogP contribution in [-0.4, -0.2) is 50.0 Å². The lowest BCUT2D eigenvalue weighted by atomic mass is 10.2. The van der Waals surface area contributed by atoms with Crippen LogP contribution in [-0.2, 0) is 25.7 Å². The van der Waals surface area contributed by atoms with E-state index >= 15 is 0 Å². The van der Waals surface area contributed by atoms with E-state index in [1.807, 2.05) is 30.3 Å². The maximum absolute atomic E-state index is 12.2. The van der Waals surface area contributed by atoms with Crippen LogP contribution in [0.5, 0.6) is 11.5 Å². The molecular formula is C23H21BrN4O6S. The van der Waals surface area contributed by atoms with Crippen molar-refractivity contribution in [2.24, 2.45) is 10.2 Å². The quantitative estimate of drug-likeness (QED) is 0.209. The Labute approximate surface area is 213 Å². The van der Waals surface area contributed by atoms with Crippen molar-refractivity contribution in [3.8, 4) is 11.5 Å². The van der Waals surface area contributed by atoms with Gasteiger partial charge in [0.2, 0.25) is 0 Å². The largest absolute Gasteiger partial charge is 0.493 e. The fourth-order valence-corrected chi connectivity index (χ4v) is 4.04. The molecule has 1 fully saturated rings. The van der Waals surface area contributed by atoms with Crippen LogP contribution < -0.4 is 20.1 Å². The first-order valence-corrected chi connectivity index (χ1v) is 11.7. The lowest BCUT2D eigenvalue weighted by Gasteiger charge is -2.13. The Hall–Kier alpha value is -3.64. The number of hydrogen-bond donors (Lipinski definition) is 2. The Morgan fingerprint density at radius 1 is 1.20 bits per heavy atom. The molecule has 0 aromatic heterocycles. The molecule has 35 heavy (non-hydrogen) atoms. The molecule has 1 aliphatic rings. The number of nitrogens with one attached hydrogen (secondary N) is 2. The van der Waals surface area contributed by atoms with E-state index in [2.05, 4.69) is 41.5 Å². The molecule has 0 aliphatic carbocycles. The third-order valence-electron chi connectivity index (χ3n) is 4.39. The minimum Gasteiger partial charge on any atom is -0.493 e. The van der Waals surface area contributed by atoms with E-state index in [4.69, 9.17) is 9.47 Å². The topological polar surface area (TPSA) is 128 Å². The summed E-state index contributed by atoms with van der Waals surface area (Å²) in [6, 6.07) is 12.9. The van der Waals surface area contributed by atoms with Crippen LogP contribution in [0.2, 0.25) is 0 Å². The second-order valence-electron chi connectivity index (χ2n) is 6.82. The second kappa shape index (κ2) is 12.7. The van der Waals surface area contributed by atoms with Crippen molar-refractivity contribution in [1.29, 1.82) is 0 Å². The number of hydrogen-bond acceptors (Lipinski definition) is 9. The zero-order valence-electron chi connectivity index (χ0n) is 18.7. The number of halogens is 1. The van der Waals surface area contributed by atoms with Gasteiger partial charge < -0.3 is 19.5 Å². The summed E-state index contributed by atoms with van der Waals surface area (Å²) in [5, 5.41) is 13.4. The molecule has 1 heterocycles. The molecule has 2 aromatic rings. The molecule has 1 aliphatic heterocycles. The van der Waals surface area contributed by atoms with E-state index in [-0.39, 0.29) is 22.6 Å². The summed E-state index contributed by atoms with van der Waals surface area (Å²) in [5.41, 5.74) is 1.61. The molecule has 2 N–H and O–H groups in total. The first-order chi connectivity index (χ1) is 16.9. The van der Waals surface area contributed by atoms with Gasteiger partial charge in [0.25, 0.3) is 11.8 Å². The molecule has 0 atom stereocenters. The van der Waals surface area contributed by atoms with Crippen molar-refractivity contribution < 1.29 is 28.6 Å². The minimum atomic E-state index is -0.639. The molecule has 1 saturated heterocycles. The van der Waals surface area contributed by atoms with Crippen LogP contribution in [0.25, 0.3) is 0 Å². The van der Waals surface area contributed by atoms with Gasteiger partial charge in [0.15, 0.2) is 23.3 Å². The van der Waals surface area contributed by atoms with E-state index in [1.165, 1.54) is 20.4 Å². The standard InChI is InChI=1S/C23H21BrN4O6S/c1-32-17-9-15(12-26-28-23-27-22(31)18(35-23)10-20(30)33-2)8-16(24)21(17)34-13-19(29)25-11-14-6-4-3-5-7-14/h3-10,12H,11,13H2,1-2H3,(H,25,29)(H,27,28,31)/b18-10+,26-12?. The van der Waals surface area contributed by atoms with Crippen molar-refractivity contribution in [3.63, 3.8) is 0 Å². The Kier molecular flexibility index (Phi) is 9.44. The molecule has 2 aromatic carbocycles. The van der Waals surface area contributed by atoms with E-state index in [0.717, 1.165) is 23.4 Å². The molecule has 12 heteroatoms. The highest BCUT2D eigenvalue weighted by molar-refractivity contribution is 9.10. The summed E-state index contributed by atoms with van der Waals surface area (Å²) in [4.78, 5) is 35.5. The Bertz CT molecular complexity index is 1200. The normalized spacial score (nSPS) is 15.3. The maximum atomic E-state index is 12.2. The Morgan fingerprint density at radius 2 is 1.97 bits per heavy atom. The SMILES string of the molecule is COC(=O)/C=C1/S/C(=N\N=Cc2cc(Br)c(OCC(=O)NCc3ccccc3)c(OC)c2)NC1=O. The monoisotopic (exact) mass is 560 g/mol. The molecular weight excluding hydrogens is 540 g/mol. The van der Waals surface area contributed by atoms with Crippen molar-refractivity contribution >= 4 is 56.9 Å². The number of carbonyl (C=O) groups is 3. The number of methoxy groups -OCH3 is 2. The number of nitrogens with zero attached hydrogens (tertiary/aromatic N) is 2. The zero-order valence-corrected chi connectivity index (χ0v) is 21.1.